The summed E-state index contributed by atoms with van der Waals surface area (Å²) in [7, 11) is 2.00. The van der Waals surface area contributed by atoms with Crippen molar-refractivity contribution in [3.63, 3.8) is 0 Å². The van der Waals surface area contributed by atoms with Gasteiger partial charge in [0.1, 0.15) is 16.3 Å². The maximum absolute atomic E-state index is 11.0. The van der Waals surface area contributed by atoms with E-state index in [4.69, 9.17) is 4.74 Å². The third-order valence-corrected chi connectivity index (χ3v) is 5.87. The van der Waals surface area contributed by atoms with E-state index in [9.17, 15) is 10.1 Å². The molecule has 0 aromatic heterocycles. The minimum atomic E-state index is -0.389. The van der Waals surface area contributed by atoms with E-state index in [1.807, 2.05) is 7.05 Å². The second-order valence-corrected chi connectivity index (χ2v) is 6.76. The second kappa shape index (κ2) is 5.57. The summed E-state index contributed by atoms with van der Waals surface area (Å²) in [6.07, 6.45) is 5.95. The minimum absolute atomic E-state index is 0.0532. The van der Waals surface area contributed by atoms with Crippen molar-refractivity contribution in [2.75, 3.05) is 7.05 Å². The Bertz CT molecular complexity index is 558. The molecule has 6 heteroatoms. The topological polar surface area (TPSA) is 64.4 Å². The van der Waals surface area contributed by atoms with Gasteiger partial charge in [-0.05, 0) is 41.9 Å². The first-order valence-corrected chi connectivity index (χ1v) is 8.14. The number of nitrogens with zero attached hydrogens (tertiary/aromatic N) is 1. The molecule has 2 saturated carbocycles. The molecule has 21 heavy (non-hydrogen) atoms. The summed E-state index contributed by atoms with van der Waals surface area (Å²) in [5.74, 6) is 0.579. The van der Waals surface area contributed by atoms with E-state index in [1.165, 1.54) is 31.7 Å². The van der Waals surface area contributed by atoms with Crippen LogP contribution in [0.15, 0.2) is 22.7 Å². The third-order valence-electron chi connectivity index (χ3n) is 5.08. The van der Waals surface area contributed by atoms with Gasteiger partial charge in [0.25, 0.3) is 5.69 Å². The van der Waals surface area contributed by atoms with Crippen LogP contribution in [0.5, 0.6) is 5.75 Å². The summed E-state index contributed by atoms with van der Waals surface area (Å²) in [6.45, 7) is 0. The van der Waals surface area contributed by atoms with Gasteiger partial charge >= 0.3 is 0 Å². The highest BCUT2D eigenvalue weighted by atomic mass is 79.9. The zero-order valence-electron chi connectivity index (χ0n) is 12.0. The molecule has 2 atom stereocenters. The van der Waals surface area contributed by atoms with Crippen LogP contribution in [-0.2, 0) is 0 Å². The van der Waals surface area contributed by atoms with Gasteiger partial charge in [0, 0.05) is 23.9 Å². The molecule has 1 aromatic rings. The lowest BCUT2D eigenvalue weighted by molar-refractivity contribution is -0.385. The van der Waals surface area contributed by atoms with Crippen molar-refractivity contribution in [2.24, 2.45) is 5.41 Å². The van der Waals surface area contributed by atoms with E-state index in [-0.39, 0.29) is 22.1 Å². The molecule has 0 bridgehead atoms. The Morgan fingerprint density at radius 1 is 1.43 bits per heavy atom. The van der Waals surface area contributed by atoms with Gasteiger partial charge < -0.3 is 10.1 Å². The van der Waals surface area contributed by atoms with Crippen LogP contribution in [0.1, 0.15) is 32.1 Å². The molecule has 0 amide bonds. The van der Waals surface area contributed by atoms with Gasteiger partial charge in [-0.3, -0.25) is 10.1 Å². The molecule has 2 aliphatic carbocycles. The number of halogens is 1. The maximum atomic E-state index is 11.0. The largest absolute Gasteiger partial charge is 0.488 e. The third kappa shape index (κ3) is 2.34. The number of hydrogen-bond donors (Lipinski definition) is 1. The summed E-state index contributed by atoms with van der Waals surface area (Å²) in [6, 6.07) is 5.46. The van der Waals surface area contributed by atoms with Gasteiger partial charge in [-0.25, -0.2) is 0 Å². The fourth-order valence-corrected chi connectivity index (χ4v) is 4.41. The number of nitro groups is 1. The summed E-state index contributed by atoms with van der Waals surface area (Å²) < 4.78 is 6.59. The van der Waals surface area contributed by atoms with Crippen molar-refractivity contribution in [1.29, 1.82) is 0 Å². The van der Waals surface area contributed by atoms with Crippen LogP contribution >= 0.6 is 15.9 Å². The molecule has 5 nitrogen and oxygen atoms in total. The van der Waals surface area contributed by atoms with Gasteiger partial charge in [0.15, 0.2) is 0 Å². The predicted molar refractivity (Wildman–Crippen MR) is 83.6 cm³/mol. The van der Waals surface area contributed by atoms with Crippen LogP contribution in [0.3, 0.4) is 0 Å². The van der Waals surface area contributed by atoms with Crippen molar-refractivity contribution in [2.45, 2.75) is 44.2 Å². The number of rotatable bonds is 4. The van der Waals surface area contributed by atoms with E-state index in [0.717, 1.165) is 6.42 Å². The standard InChI is InChI=1S/C15H19BrN2O3/c1-17-12-9-13(15(12)7-2-3-8-15)21-11-6-4-5-10(14(11)16)18(19)20/h4-6,12-13,17H,2-3,7-9H2,1H3. The predicted octanol–water partition coefficient (Wildman–Crippen LogP) is 3.66. The molecule has 1 aromatic carbocycles. The minimum Gasteiger partial charge on any atom is -0.488 e. The summed E-state index contributed by atoms with van der Waals surface area (Å²) >= 11 is 3.31. The van der Waals surface area contributed by atoms with Gasteiger partial charge in [-0.2, -0.15) is 0 Å². The van der Waals surface area contributed by atoms with E-state index >= 15 is 0 Å². The quantitative estimate of drug-likeness (QED) is 0.661. The monoisotopic (exact) mass is 354 g/mol. The van der Waals surface area contributed by atoms with E-state index < -0.39 is 0 Å². The van der Waals surface area contributed by atoms with Gasteiger partial charge in [-0.15, -0.1) is 0 Å². The molecule has 0 saturated heterocycles. The summed E-state index contributed by atoms with van der Waals surface area (Å²) in [5, 5.41) is 14.4. The first kappa shape index (κ1) is 14.8. The second-order valence-electron chi connectivity index (χ2n) is 5.97. The number of hydrogen-bond acceptors (Lipinski definition) is 4. The van der Waals surface area contributed by atoms with Crippen LogP contribution in [-0.4, -0.2) is 24.1 Å². The normalized spacial score (nSPS) is 26.6. The summed E-state index contributed by atoms with van der Waals surface area (Å²) in [5.41, 5.74) is 0.260. The maximum Gasteiger partial charge on any atom is 0.287 e. The first-order chi connectivity index (χ1) is 10.1. The SMILES string of the molecule is CNC1CC(Oc2cccc([N+](=O)[O-])c2Br)C12CCCC2. The van der Waals surface area contributed by atoms with Crippen LogP contribution in [0, 0.1) is 15.5 Å². The molecule has 0 aliphatic heterocycles. The van der Waals surface area contributed by atoms with Gasteiger partial charge in [0.05, 0.1) is 4.92 Å². The van der Waals surface area contributed by atoms with Crippen molar-refractivity contribution < 1.29 is 9.66 Å². The lowest BCUT2D eigenvalue weighted by Crippen LogP contribution is -2.63. The fourth-order valence-electron chi connectivity index (χ4n) is 3.91. The highest BCUT2D eigenvalue weighted by molar-refractivity contribution is 9.10. The Kier molecular flexibility index (Phi) is 3.92. The molecular weight excluding hydrogens is 336 g/mol. The lowest BCUT2D eigenvalue weighted by Gasteiger charge is -2.53. The Labute approximate surface area is 132 Å². The molecule has 2 aliphatic rings. The van der Waals surface area contributed by atoms with Crippen LogP contribution in [0.4, 0.5) is 5.69 Å². The molecule has 1 N–H and O–H groups in total. The highest BCUT2D eigenvalue weighted by Gasteiger charge is 2.57. The number of nitrogens with one attached hydrogen (secondary N) is 1. The van der Waals surface area contributed by atoms with Gasteiger partial charge in [-0.1, -0.05) is 18.9 Å². The van der Waals surface area contributed by atoms with E-state index in [1.54, 1.807) is 12.1 Å². The fraction of sp³-hybridized carbons (Fsp3) is 0.600. The van der Waals surface area contributed by atoms with Crippen LogP contribution in [0.25, 0.3) is 0 Å². The molecule has 114 valence electrons. The zero-order chi connectivity index (χ0) is 15.0. The molecule has 2 fully saturated rings. The average molecular weight is 355 g/mol. The lowest BCUT2D eigenvalue weighted by atomic mass is 9.60. The zero-order valence-corrected chi connectivity index (χ0v) is 13.6. The van der Waals surface area contributed by atoms with Crippen molar-refractivity contribution >= 4 is 21.6 Å². The molecule has 0 heterocycles. The Balaban J connectivity index is 1.82. The Hall–Kier alpha value is -1.14. The van der Waals surface area contributed by atoms with Crippen molar-refractivity contribution in [3.05, 3.63) is 32.8 Å². The number of nitro benzene ring substituents is 1. The first-order valence-electron chi connectivity index (χ1n) is 7.35. The molecule has 0 radical (unpaired) electrons. The molecule has 1 spiro atoms. The smallest absolute Gasteiger partial charge is 0.287 e. The van der Waals surface area contributed by atoms with Crippen LogP contribution < -0.4 is 10.1 Å². The molecule has 2 unspecified atom stereocenters. The van der Waals surface area contributed by atoms with Crippen molar-refractivity contribution in [1.82, 2.24) is 5.32 Å². The number of ether oxygens (including phenoxy) is 1. The van der Waals surface area contributed by atoms with E-state index in [2.05, 4.69) is 21.2 Å². The Morgan fingerprint density at radius 2 is 2.14 bits per heavy atom. The molecular formula is C15H19BrN2O3. The summed E-state index contributed by atoms with van der Waals surface area (Å²) in [4.78, 5) is 10.6. The van der Waals surface area contributed by atoms with Crippen LogP contribution in [0.2, 0.25) is 0 Å². The number of benzene rings is 1. The average Bonchev–Trinajstić information content (AvgIpc) is 2.96. The Morgan fingerprint density at radius 3 is 2.76 bits per heavy atom. The molecule has 3 rings (SSSR count). The van der Waals surface area contributed by atoms with Crippen molar-refractivity contribution in [3.8, 4) is 5.75 Å². The van der Waals surface area contributed by atoms with Gasteiger partial charge in [0.2, 0.25) is 0 Å². The van der Waals surface area contributed by atoms with E-state index in [0.29, 0.717) is 16.3 Å². The highest BCUT2D eigenvalue weighted by Crippen LogP contribution is 2.55.